The van der Waals surface area contributed by atoms with Crippen molar-refractivity contribution in [3.63, 3.8) is 0 Å². The SMILES string of the molecule is COC[C@@H]1COc2c(cc(Br)c(C)c2C)C(=O)N1. The van der Waals surface area contributed by atoms with E-state index >= 15 is 0 Å². The van der Waals surface area contributed by atoms with Gasteiger partial charge >= 0.3 is 0 Å². The summed E-state index contributed by atoms with van der Waals surface area (Å²) in [7, 11) is 1.61. The van der Waals surface area contributed by atoms with Gasteiger partial charge in [-0.3, -0.25) is 4.79 Å². The zero-order valence-corrected chi connectivity index (χ0v) is 12.3. The summed E-state index contributed by atoms with van der Waals surface area (Å²) in [6.07, 6.45) is 0. The van der Waals surface area contributed by atoms with Crippen molar-refractivity contribution >= 4 is 21.8 Å². The highest BCUT2D eigenvalue weighted by atomic mass is 79.9. The smallest absolute Gasteiger partial charge is 0.255 e. The van der Waals surface area contributed by atoms with Crippen LogP contribution in [-0.2, 0) is 4.74 Å². The Balaban J connectivity index is 2.41. The molecule has 0 saturated carbocycles. The lowest BCUT2D eigenvalue weighted by Gasteiger charge is -2.14. The molecule has 0 unspecified atom stereocenters. The van der Waals surface area contributed by atoms with Gasteiger partial charge in [0.1, 0.15) is 12.4 Å². The number of carbonyl (C=O) groups is 1. The van der Waals surface area contributed by atoms with Crippen molar-refractivity contribution in [1.29, 1.82) is 0 Å². The maximum atomic E-state index is 12.1. The minimum Gasteiger partial charge on any atom is -0.490 e. The molecule has 4 nitrogen and oxygen atoms in total. The van der Waals surface area contributed by atoms with Gasteiger partial charge in [0, 0.05) is 11.6 Å². The first-order valence-electron chi connectivity index (χ1n) is 5.77. The standard InChI is InChI=1S/C13H16BrNO3/c1-7-8(2)12-10(4-11(7)14)13(16)15-9(5-17-3)6-18-12/h4,9H,5-6H2,1-3H3,(H,15,16)/t9-/m1/s1. The summed E-state index contributed by atoms with van der Waals surface area (Å²) in [5, 5.41) is 2.90. The average Bonchev–Trinajstić information content (AvgIpc) is 2.48. The summed E-state index contributed by atoms with van der Waals surface area (Å²) >= 11 is 3.46. The summed E-state index contributed by atoms with van der Waals surface area (Å²) in [6, 6.07) is 1.69. The highest BCUT2D eigenvalue weighted by Gasteiger charge is 2.25. The van der Waals surface area contributed by atoms with Gasteiger partial charge in [0.15, 0.2) is 0 Å². The van der Waals surface area contributed by atoms with Crippen LogP contribution in [0.2, 0.25) is 0 Å². The van der Waals surface area contributed by atoms with Crippen LogP contribution in [0.1, 0.15) is 21.5 Å². The van der Waals surface area contributed by atoms with E-state index < -0.39 is 0 Å². The van der Waals surface area contributed by atoms with Crippen molar-refractivity contribution in [2.24, 2.45) is 0 Å². The first kappa shape index (κ1) is 13.4. The Hall–Kier alpha value is -1.07. The number of benzene rings is 1. The molecule has 0 saturated heterocycles. The van der Waals surface area contributed by atoms with Crippen LogP contribution in [-0.4, -0.2) is 32.3 Å². The Morgan fingerprint density at radius 1 is 1.50 bits per heavy atom. The molecule has 18 heavy (non-hydrogen) atoms. The van der Waals surface area contributed by atoms with Gasteiger partial charge < -0.3 is 14.8 Å². The molecule has 0 aromatic heterocycles. The number of carbonyl (C=O) groups excluding carboxylic acids is 1. The molecule has 0 bridgehead atoms. The first-order chi connectivity index (χ1) is 8.54. The van der Waals surface area contributed by atoms with Crippen LogP contribution in [0.3, 0.4) is 0 Å². The van der Waals surface area contributed by atoms with Crippen LogP contribution in [0.5, 0.6) is 5.75 Å². The van der Waals surface area contributed by atoms with E-state index in [2.05, 4.69) is 21.2 Å². The van der Waals surface area contributed by atoms with Gasteiger partial charge in [-0.25, -0.2) is 0 Å². The third kappa shape index (κ3) is 2.37. The topological polar surface area (TPSA) is 47.6 Å². The maximum absolute atomic E-state index is 12.1. The van der Waals surface area contributed by atoms with Crippen LogP contribution >= 0.6 is 15.9 Å². The lowest BCUT2D eigenvalue weighted by Crippen LogP contribution is -2.40. The third-order valence-electron chi connectivity index (χ3n) is 3.15. The molecule has 1 amide bonds. The number of rotatable bonds is 2. The van der Waals surface area contributed by atoms with E-state index in [4.69, 9.17) is 9.47 Å². The van der Waals surface area contributed by atoms with Gasteiger partial charge in [-0.15, -0.1) is 0 Å². The van der Waals surface area contributed by atoms with Crippen LogP contribution in [0.15, 0.2) is 10.5 Å². The molecule has 1 aliphatic rings. The van der Waals surface area contributed by atoms with Crippen LogP contribution < -0.4 is 10.1 Å². The largest absolute Gasteiger partial charge is 0.490 e. The molecule has 98 valence electrons. The highest BCUT2D eigenvalue weighted by Crippen LogP contribution is 2.33. The van der Waals surface area contributed by atoms with E-state index in [9.17, 15) is 4.79 Å². The fraction of sp³-hybridized carbons (Fsp3) is 0.462. The fourth-order valence-electron chi connectivity index (χ4n) is 1.99. The van der Waals surface area contributed by atoms with Crippen molar-refractivity contribution < 1.29 is 14.3 Å². The maximum Gasteiger partial charge on any atom is 0.255 e. The number of ether oxygens (including phenoxy) is 2. The van der Waals surface area contributed by atoms with E-state index in [-0.39, 0.29) is 11.9 Å². The van der Waals surface area contributed by atoms with Crippen molar-refractivity contribution in [3.8, 4) is 5.75 Å². The lowest BCUT2D eigenvalue weighted by molar-refractivity contribution is 0.0887. The third-order valence-corrected chi connectivity index (χ3v) is 3.98. The average molecular weight is 314 g/mol. The Bertz CT molecular complexity index is 488. The molecule has 1 N–H and O–H groups in total. The quantitative estimate of drug-likeness (QED) is 0.910. The van der Waals surface area contributed by atoms with E-state index in [0.717, 1.165) is 15.6 Å². The molecule has 1 atom stereocenters. The van der Waals surface area contributed by atoms with E-state index in [1.54, 1.807) is 7.11 Å². The van der Waals surface area contributed by atoms with Crippen molar-refractivity contribution in [1.82, 2.24) is 5.32 Å². The number of halogens is 1. The zero-order valence-electron chi connectivity index (χ0n) is 10.7. The Labute approximate surface area is 115 Å². The minimum absolute atomic E-state index is 0.117. The fourth-order valence-corrected chi connectivity index (χ4v) is 2.51. The molecule has 1 heterocycles. The van der Waals surface area contributed by atoms with Crippen molar-refractivity contribution in [2.45, 2.75) is 19.9 Å². The van der Waals surface area contributed by atoms with Crippen LogP contribution in [0.25, 0.3) is 0 Å². The van der Waals surface area contributed by atoms with Crippen molar-refractivity contribution in [2.75, 3.05) is 20.3 Å². The number of methoxy groups -OCH3 is 1. The number of amides is 1. The highest BCUT2D eigenvalue weighted by molar-refractivity contribution is 9.10. The van der Waals surface area contributed by atoms with E-state index in [1.165, 1.54) is 0 Å². The molecule has 1 aliphatic heterocycles. The number of fused-ring (bicyclic) bond motifs is 1. The van der Waals surface area contributed by atoms with Gasteiger partial charge in [-0.2, -0.15) is 0 Å². The van der Waals surface area contributed by atoms with Gasteiger partial charge in [0.2, 0.25) is 0 Å². The molecule has 1 aromatic rings. The Morgan fingerprint density at radius 2 is 2.22 bits per heavy atom. The number of nitrogens with one attached hydrogen (secondary N) is 1. The Kier molecular flexibility index (Phi) is 3.92. The minimum atomic E-state index is -0.117. The van der Waals surface area contributed by atoms with E-state index in [1.807, 2.05) is 19.9 Å². The van der Waals surface area contributed by atoms with Gasteiger partial charge in [-0.05, 0) is 31.0 Å². The first-order valence-corrected chi connectivity index (χ1v) is 6.56. The molecule has 1 aromatic carbocycles. The predicted molar refractivity (Wildman–Crippen MR) is 72.2 cm³/mol. The van der Waals surface area contributed by atoms with Crippen molar-refractivity contribution in [3.05, 3.63) is 27.2 Å². The predicted octanol–water partition coefficient (Wildman–Crippen LogP) is 2.20. The van der Waals surface area contributed by atoms with Gasteiger partial charge in [0.05, 0.1) is 18.2 Å². The summed E-state index contributed by atoms with van der Waals surface area (Å²) in [4.78, 5) is 12.1. The normalized spacial score (nSPS) is 18.7. The molecule has 0 spiro atoms. The molecule has 2 rings (SSSR count). The molecule has 5 heteroatoms. The summed E-state index contributed by atoms with van der Waals surface area (Å²) in [5.41, 5.74) is 2.66. The summed E-state index contributed by atoms with van der Waals surface area (Å²) in [6.45, 7) is 4.83. The molecule has 0 aliphatic carbocycles. The van der Waals surface area contributed by atoms with Crippen LogP contribution in [0.4, 0.5) is 0 Å². The monoisotopic (exact) mass is 313 g/mol. The van der Waals surface area contributed by atoms with Crippen LogP contribution in [0, 0.1) is 13.8 Å². The number of hydrogen-bond donors (Lipinski definition) is 1. The summed E-state index contributed by atoms with van der Waals surface area (Å²) in [5.74, 6) is 0.556. The summed E-state index contributed by atoms with van der Waals surface area (Å²) < 4.78 is 11.7. The molecular weight excluding hydrogens is 298 g/mol. The molecule has 0 fully saturated rings. The number of hydrogen-bond acceptors (Lipinski definition) is 3. The lowest BCUT2D eigenvalue weighted by atomic mass is 10.0. The second-order valence-corrected chi connectivity index (χ2v) is 5.28. The van der Waals surface area contributed by atoms with Gasteiger partial charge in [0.25, 0.3) is 5.91 Å². The van der Waals surface area contributed by atoms with E-state index in [0.29, 0.717) is 24.5 Å². The van der Waals surface area contributed by atoms with Gasteiger partial charge in [-0.1, -0.05) is 15.9 Å². The Morgan fingerprint density at radius 3 is 2.89 bits per heavy atom. The second-order valence-electron chi connectivity index (χ2n) is 4.42. The second kappa shape index (κ2) is 5.28. The zero-order chi connectivity index (χ0) is 13.3. The molecular formula is C13H16BrNO3. The molecule has 0 radical (unpaired) electrons.